The van der Waals surface area contributed by atoms with E-state index in [0.29, 0.717) is 6.04 Å². The molecule has 1 saturated carbocycles. The summed E-state index contributed by atoms with van der Waals surface area (Å²) in [5, 5.41) is 4.67. The smallest absolute Gasteiger partial charge is 0.225 e. The Bertz CT molecular complexity index is 631. The van der Waals surface area contributed by atoms with Crippen LogP contribution in [-0.2, 0) is 0 Å². The van der Waals surface area contributed by atoms with Crippen molar-refractivity contribution in [3.05, 3.63) is 24.3 Å². The van der Waals surface area contributed by atoms with Crippen LogP contribution in [0.4, 0.5) is 11.8 Å². The summed E-state index contributed by atoms with van der Waals surface area (Å²) in [7, 11) is 4.07. The zero-order valence-corrected chi connectivity index (χ0v) is 15.8. The van der Waals surface area contributed by atoms with Crippen molar-refractivity contribution in [1.29, 1.82) is 0 Å². The third-order valence-electron chi connectivity index (χ3n) is 4.76. The van der Waals surface area contributed by atoms with E-state index in [-0.39, 0.29) is 0 Å². The lowest BCUT2D eigenvalue weighted by Crippen LogP contribution is -2.27. The first kappa shape index (κ1) is 18.5. The number of nitrogens with zero attached hydrogens (tertiary/aromatic N) is 3. The van der Waals surface area contributed by atoms with Crippen LogP contribution < -0.4 is 10.2 Å². The van der Waals surface area contributed by atoms with Gasteiger partial charge < -0.3 is 10.2 Å². The maximum Gasteiger partial charge on any atom is 0.225 e. The normalized spacial score (nSPS) is 20.2. The largest absolute Gasteiger partial charge is 0.362 e. The quantitative estimate of drug-likeness (QED) is 0.847. The molecular weight excluding hydrogens is 296 g/mol. The Morgan fingerprint density at radius 2 is 1.71 bits per heavy atom. The highest BCUT2D eigenvalue weighted by Gasteiger charge is 2.21. The van der Waals surface area contributed by atoms with Gasteiger partial charge in [-0.3, -0.25) is 0 Å². The minimum Gasteiger partial charge on any atom is -0.362 e. The number of benzene rings is 1. The van der Waals surface area contributed by atoms with Crippen LogP contribution in [-0.4, -0.2) is 30.1 Å². The highest BCUT2D eigenvalue weighted by Crippen LogP contribution is 2.29. The van der Waals surface area contributed by atoms with Gasteiger partial charge in [-0.1, -0.05) is 39.3 Å². The molecule has 1 heterocycles. The van der Waals surface area contributed by atoms with Crippen molar-refractivity contribution >= 4 is 22.7 Å². The second kappa shape index (κ2) is 8.86. The molecule has 1 aromatic heterocycles. The molecule has 1 N–H and O–H groups in total. The number of aromatic nitrogens is 2. The minimum absolute atomic E-state index is 0.513. The van der Waals surface area contributed by atoms with Crippen molar-refractivity contribution in [2.45, 2.75) is 58.9 Å². The summed E-state index contributed by atoms with van der Waals surface area (Å²) in [6, 6.07) is 8.73. The number of anilines is 2. The van der Waals surface area contributed by atoms with Gasteiger partial charge in [0.15, 0.2) is 0 Å². The van der Waals surface area contributed by atoms with Crippen LogP contribution in [0.3, 0.4) is 0 Å². The van der Waals surface area contributed by atoms with E-state index in [2.05, 4.69) is 29.3 Å². The summed E-state index contributed by atoms with van der Waals surface area (Å²) >= 11 is 0. The fourth-order valence-corrected chi connectivity index (χ4v) is 3.36. The van der Waals surface area contributed by atoms with Crippen LogP contribution in [0.25, 0.3) is 10.9 Å². The molecule has 132 valence electrons. The van der Waals surface area contributed by atoms with Crippen LogP contribution in [0.1, 0.15) is 52.9 Å². The average molecular weight is 329 g/mol. The fraction of sp³-hybridized carbons (Fsp3) is 0.600. The monoisotopic (exact) mass is 328 g/mol. The van der Waals surface area contributed by atoms with Gasteiger partial charge in [0.25, 0.3) is 0 Å². The van der Waals surface area contributed by atoms with Crippen molar-refractivity contribution in [2.24, 2.45) is 5.92 Å². The highest BCUT2D eigenvalue weighted by molar-refractivity contribution is 5.90. The lowest BCUT2D eigenvalue weighted by molar-refractivity contribution is 0.329. The lowest BCUT2D eigenvalue weighted by Gasteiger charge is -2.28. The van der Waals surface area contributed by atoms with Gasteiger partial charge in [0.2, 0.25) is 5.95 Å². The first-order valence-corrected chi connectivity index (χ1v) is 9.38. The molecule has 24 heavy (non-hydrogen) atoms. The summed E-state index contributed by atoms with van der Waals surface area (Å²) in [6.07, 6.45) is 6.41. The van der Waals surface area contributed by atoms with Gasteiger partial charge in [0, 0.05) is 25.5 Å². The van der Waals surface area contributed by atoms with Gasteiger partial charge in [-0.05, 0) is 43.7 Å². The molecule has 1 aliphatic rings. The number of rotatable bonds is 4. The van der Waals surface area contributed by atoms with Crippen LogP contribution in [0.15, 0.2) is 24.3 Å². The van der Waals surface area contributed by atoms with Crippen LogP contribution in [0.2, 0.25) is 0 Å². The average Bonchev–Trinajstić information content (AvgIpc) is 2.63. The van der Waals surface area contributed by atoms with Crippen LogP contribution >= 0.6 is 0 Å². The van der Waals surface area contributed by atoms with E-state index < -0.39 is 0 Å². The second-order valence-electron chi connectivity index (χ2n) is 6.55. The molecule has 1 aliphatic carbocycles. The Morgan fingerprint density at radius 3 is 2.33 bits per heavy atom. The molecule has 0 radical (unpaired) electrons. The Labute approximate surface area is 146 Å². The SMILES string of the molecule is CC.CCC1CCC(Nc2nc(N(C)C)c3ccccc3n2)CC1. The lowest BCUT2D eigenvalue weighted by atomic mass is 9.85. The zero-order valence-electron chi connectivity index (χ0n) is 15.8. The molecule has 2 aromatic rings. The summed E-state index contributed by atoms with van der Waals surface area (Å²) < 4.78 is 0. The van der Waals surface area contributed by atoms with Gasteiger partial charge in [0.1, 0.15) is 5.82 Å². The number of fused-ring (bicyclic) bond motifs is 1. The first-order valence-electron chi connectivity index (χ1n) is 9.38. The van der Waals surface area contributed by atoms with E-state index in [1.165, 1.54) is 32.1 Å². The Hall–Kier alpha value is -1.84. The summed E-state index contributed by atoms with van der Waals surface area (Å²) in [5.41, 5.74) is 1.01. The van der Waals surface area contributed by atoms with Crippen molar-refractivity contribution in [3.8, 4) is 0 Å². The molecule has 0 aliphatic heterocycles. The Morgan fingerprint density at radius 1 is 1.04 bits per heavy atom. The number of hydrogen-bond acceptors (Lipinski definition) is 4. The maximum absolute atomic E-state index is 4.74. The second-order valence-corrected chi connectivity index (χ2v) is 6.55. The predicted molar refractivity (Wildman–Crippen MR) is 105 cm³/mol. The van der Waals surface area contributed by atoms with Crippen molar-refractivity contribution in [1.82, 2.24) is 9.97 Å². The van der Waals surface area contributed by atoms with E-state index in [1.807, 2.05) is 40.1 Å². The van der Waals surface area contributed by atoms with E-state index in [0.717, 1.165) is 28.6 Å². The molecule has 4 heteroatoms. The molecule has 1 fully saturated rings. The first-order chi connectivity index (χ1) is 11.7. The molecule has 0 spiro atoms. The number of nitrogens with one attached hydrogen (secondary N) is 1. The van der Waals surface area contributed by atoms with Crippen molar-refractivity contribution in [3.63, 3.8) is 0 Å². The summed E-state index contributed by atoms with van der Waals surface area (Å²) in [4.78, 5) is 11.5. The molecule has 0 saturated heterocycles. The van der Waals surface area contributed by atoms with Gasteiger partial charge in [-0.2, -0.15) is 4.98 Å². The molecule has 3 rings (SSSR count). The van der Waals surface area contributed by atoms with E-state index in [9.17, 15) is 0 Å². The summed E-state index contributed by atoms with van der Waals surface area (Å²) in [5.74, 6) is 2.66. The van der Waals surface area contributed by atoms with Gasteiger partial charge in [-0.25, -0.2) is 4.98 Å². The zero-order chi connectivity index (χ0) is 17.5. The van der Waals surface area contributed by atoms with Crippen molar-refractivity contribution < 1.29 is 0 Å². The highest BCUT2D eigenvalue weighted by atomic mass is 15.2. The molecule has 1 aromatic carbocycles. The molecular formula is C20H32N4. The Kier molecular flexibility index (Phi) is 6.83. The molecule has 0 atom stereocenters. The fourth-order valence-electron chi connectivity index (χ4n) is 3.36. The molecule has 0 amide bonds. The van der Waals surface area contributed by atoms with Gasteiger partial charge in [-0.15, -0.1) is 0 Å². The Balaban J connectivity index is 0.00000100. The minimum atomic E-state index is 0.513. The van der Waals surface area contributed by atoms with E-state index in [1.54, 1.807) is 0 Å². The topological polar surface area (TPSA) is 41.1 Å². The molecule has 4 nitrogen and oxygen atoms in total. The maximum atomic E-state index is 4.74. The number of hydrogen-bond donors (Lipinski definition) is 1. The van der Waals surface area contributed by atoms with Crippen molar-refractivity contribution in [2.75, 3.05) is 24.3 Å². The van der Waals surface area contributed by atoms with Gasteiger partial charge >= 0.3 is 0 Å². The molecule has 0 bridgehead atoms. The molecule has 0 unspecified atom stereocenters. The summed E-state index contributed by atoms with van der Waals surface area (Å²) in [6.45, 7) is 6.30. The van der Waals surface area contributed by atoms with Gasteiger partial charge in [0.05, 0.1) is 5.52 Å². The van der Waals surface area contributed by atoms with E-state index >= 15 is 0 Å². The standard InChI is InChI=1S/C18H26N4.C2H6/c1-4-13-9-11-14(12-10-13)19-18-20-16-8-6-5-7-15(16)17(21-18)22(2)3;1-2/h5-8,13-14H,4,9-12H2,1-3H3,(H,19,20,21);1-2H3. The third-order valence-corrected chi connectivity index (χ3v) is 4.76. The predicted octanol–water partition coefficient (Wildman–Crippen LogP) is 5.10. The van der Waals surface area contributed by atoms with Crippen LogP contribution in [0.5, 0.6) is 0 Å². The third kappa shape index (κ3) is 4.37. The number of para-hydroxylation sites is 1. The van der Waals surface area contributed by atoms with Crippen LogP contribution in [0, 0.1) is 5.92 Å². The van der Waals surface area contributed by atoms with E-state index in [4.69, 9.17) is 9.97 Å².